The van der Waals surface area contributed by atoms with E-state index in [1.165, 1.54) is 0 Å². The molecule has 4 heteroatoms. The van der Waals surface area contributed by atoms with Gasteiger partial charge in [-0.3, -0.25) is 4.79 Å². The van der Waals surface area contributed by atoms with Gasteiger partial charge < -0.3 is 10.4 Å². The van der Waals surface area contributed by atoms with Gasteiger partial charge in [0, 0.05) is 6.54 Å². The second kappa shape index (κ2) is 5.35. The molecule has 0 aromatic rings. The van der Waals surface area contributed by atoms with Gasteiger partial charge >= 0.3 is 5.97 Å². The van der Waals surface area contributed by atoms with E-state index < -0.39 is 17.4 Å². The van der Waals surface area contributed by atoms with E-state index in [4.69, 9.17) is 5.11 Å². The van der Waals surface area contributed by atoms with Crippen LogP contribution in [-0.4, -0.2) is 23.5 Å². The molecule has 1 amide bonds. The number of carbonyl (C=O) groups excluding carboxylic acids is 1. The Morgan fingerprint density at radius 2 is 2.08 bits per heavy atom. The van der Waals surface area contributed by atoms with Crippen LogP contribution in [0.2, 0.25) is 0 Å². The number of carboxylic acids is 1. The average molecular weight is 171 g/mol. The van der Waals surface area contributed by atoms with E-state index in [0.29, 0.717) is 6.54 Å². The fourth-order valence-corrected chi connectivity index (χ4v) is 0.583. The predicted molar refractivity (Wildman–Crippen MR) is 44.7 cm³/mol. The van der Waals surface area contributed by atoms with Crippen LogP contribution >= 0.6 is 0 Å². The summed E-state index contributed by atoms with van der Waals surface area (Å²) in [5.74, 6) is -1.88. The Balaban J connectivity index is 3.73. The van der Waals surface area contributed by atoms with Crippen molar-refractivity contribution in [3.8, 4) is 0 Å². The lowest BCUT2D eigenvalue weighted by molar-refractivity contribution is -0.134. The maximum absolute atomic E-state index is 10.9. The topological polar surface area (TPSA) is 66.4 Å². The molecule has 0 aliphatic carbocycles. The van der Waals surface area contributed by atoms with Crippen LogP contribution in [0.4, 0.5) is 0 Å². The van der Waals surface area contributed by atoms with Crippen LogP contribution in [0.3, 0.4) is 0 Å². The van der Waals surface area contributed by atoms with Gasteiger partial charge in [-0.25, -0.2) is 4.79 Å². The van der Waals surface area contributed by atoms with Crippen LogP contribution in [0.25, 0.3) is 0 Å². The Labute approximate surface area is 71.3 Å². The second-order valence-corrected chi connectivity index (χ2v) is 2.39. The molecular weight excluding hydrogens is 158 g/mol. The molecule has 0 atom stereocenters. The molecule has 0 rings (SSSR count). The monoisotopic (exact) mass is 171 g/mol. The molecule has 0 heterocycles. The highest BCUT2D eigenvalue weighted by molar-refractivity contribution is 6.14. The van der Waals surface area contributed by atoms with E-state index in [1.54, 1.807) is 0 Å². The molecule has 2 N–H and O–H groups in total. The number of carbonyl (C=O) groups is 2. The van der Waals surface area contributed by atoms with Gasteiger partial charge in [-0.15, -0.1) is 0 Å². The fourth-order valence-electron chi connectivity index (χ4n) is 0.583. The molecule has 0 aliphatic rings. The Hall–Kier alpha value is -1.32. The minimum absolute atomic E-state index is 0.411. The Kier molecular flexibility index (Phi) is 4.76. The molecule has 0 aromatic carbocycles. The zero-order valence-corrected chi connectivity index (χ0v) is 7.09. The van der Waals surface area contributed by atoms with Crippen molar-refractivity contribution in [2.75, 3.05) is 6.54 Å². The van der Waals surface area contributed by atoms with E-state index in [0.717, 1.165) is 12.8 Å². The fraction of sp³-hybridized carbons (Fsp3) is 0.500. The van der Waals surface area contributed by atoms with Crippen molar-refractivity contribution in [1.29, 1.82) is 0 Å². The van der Waals surface area contributed by atoms with Crippen LogP contribution in [0.15, 0.2) is 12.2 Å². The van der Waals surface area contributed by atoms with Crippen LogP contribution in [-0.2, 0) is 9.59 Å². The van der Waals surface area contributed by atoms with Gasteiger partial charge in [0.05, 0.1) is 0 Å². The third kappa shape index (κ3) is 3.75. The molecule has 0 saturated carbocycles. The van der Waals surface area contributed by atoms with Crippen LogP contribution < -0.4 is 5.32 Å². The van der Waals surface area contributed by atoms with Crippen molar-refractivity contribution in [2.45, 2.75) is 19.8 Å². The number of amides is 1. The maximum atomic E-state index is 10.9. The van der Waals surface area contributed by atoms with Gasteiger partial charge in [0.15, 0.2) is 0 Å². The summed E-state index contributed by atoms with van der Waals surface area (Å²) in [6, 6.07) is 0. The zero-order chi connectivity index (χ0) is 9.56. The van der Waals surface area contributed by atoms with Gasteiger partial charge in [-0.05, 0) is 6.42 Å². The molecule has 0 fully saturated rings. The lowest BCUT2D eigenvalue weighted by Crippen LogP contribution is -2.28. The first kappa shape index (κ1) is 10.7. The lowest BCUT2D eigenvalue weighted by Gasteiger charge is -2.02. The third-order valence-corrected chi connectivity index (χ3v) is 1.35. The summed E-state index contributed by atoms with van der Waals surface area (Å²) in [5.41, 5.74) is -0.411. The van der Waals surface area contributed by atoms with Gasteiger partial charge in [0.25, 0.3) is 5.91 Å². The molecule has 0 saturated heterocycles. The third-order valence-electron chi connectivity index (χ3n) is 1.35. The molecule has 0 aromatic heterocycles. The van der Waals surface area contributed by atoms with Crippen molar-refractivity contribution < 1.29 is 14.7 Å². The largest absolute Gasteiger partial charge is 0.478 e. The van der Waals surface area contributed by atoms with E-state index >= 15 is 0 Å². The Morgan fingerprint density at radius 3 is 2.50 bits per heavy atom. The van der Waals surface area contributed by atoms with E-state index in [1.807, 2.05) is 6.92 Å². The predicted octanol–water partition coefficient (Wildman–Crippen LogP) is 0.543. The zero-order valence-electron chi connectivity index (χ0n) is 7.09. The van der Waals surface area contributed by atoms with Crippen molar-refractivity contribution in [3.63, 3.8) is 0 Å². The minimum atomic E-state index is -1.27. The molecule has 0 radical (unpaired) electrons. The molecule has 4 nitrogen and oxygen atoms in total. The van der Waals surface area contributed by atoms with Crippen LogP contribution in [0, 0.1) is 0 Å². The van der Waals surface area contributed by atoms with Crippen molar-refractivity contribution in [3.05, 3.63) is 12.2 Å². The second-order valence-electron chi connectivity index (χ2n) is 2.39. The van der Waals surface area contributed by atoms with Gasteiger partial charge in [-0.1, -0.05) is 19.9 Å². The van der Waals surface area contributed by atoms with Crippen molar-refractivity contribution >= 4 is 11.9 Å². The molecule has 0 aliphatic heterocycles. The molecule has 0 unspecified atom stereocenters. The summed E-state index contributed by atoms with van der Waals surface area (Å²) in [7, 11) is 0. The number of carboxylic acid groups (broad SMARTS) is 1. The first-order chi connectivity index (χ1) is 5.59. The van der Waals surface area contributed by atoms with Crippen molar-refractivity contribution in [2.24, 2.45) is 0 Å². The summed E-state index contributed by atoms with van der Waals surface area (Å²) >= 11 is 0. The highest BCUT2D eigenvalue weighted by atomic mass is 16.4. The van der Waals surface area contributed by atoms with Crippen molar-refractivity contribution in [1.82, 2.24) is 5.32 Å². The Bertz CT molecular complexity index is 198. The number of rotatable bonds is 5. The van der Waals surface area contributed by atoms with E-state index in [9.17, 15) is 9.59 Å². The molecule has 0 bridgehead atoms. The SMILES string of the molecule is C=C(C(=O)O)C(=O)NCCCC. The standard InChI is InChI=1S/C8H13NO3/c1-3-4-5-9-7(10)6(2)8(11)12/h2-5H2,1H3,(H,9,10)(H,11,12). The highest BCUT2D eigenvalue weighted by Crippen LogP contribution is 1.90. The van der Waals surface area contributed by atoms with E-state index in [-0.39, 0.29) is 0 Å². The average Bonchev–Trinajstić information content (AvgIpc) is 2.03. The normalized spacial score (nSPS) is 9.08. The van der Waals surface area contributed by atoms with Crippen LogP contribution in [0.1, 0.15) is 19.8 Å². The van der Waals surface area contributed by atoms with Gasteiger partial charge in [0.2, 0.25) is 0 Å². The summed E-state index contributed by atoms with van der Waals surface area (Å²) < 4.78 is 0. The number of hydrogen-bond acceptors (Lipinski definition) is 2. The summed E-state index contributed by atoms with van der Waals surface area (Å²) in [4.78, 5) is 21.1. The van der Waals surface area contributed by atoms with Gasteiger partial charge in [-0.2, -0.15) is 0 Å². The quantitative estimate of drug-likeness (QED) is 0.274. The van der Waals surface area contributed by atoms with Gasteiger partial charge in [0.1, 0.15) is 5.57 Å². The summed E-state index contributed by atoms with van der Waals surface area (Å²) in [5, 5.41) is 10.8. The minimum Gasteiger partial charge on any atom is -0.478 e. The number of aliphatic carboxylic acids is 1. The number of unbranched alkanes of at least 4 members (excludes halogenated alkanes) is 1. The number of nitrogens with one attached hydrogen (secondary N) is 1. The maximum Gasteiger partial charge on any atom is 0.340 e. The smallest absolute Gasteiger partial charge is 0.340 e. The van der Waals surface area contributed by atoms with E-state index in [2.05, 4.69) is 11.9 Å². The summed E-state index contributed by atoms with van der Waals surface area (Å²) in [6.07, 6.45) is 1.80. The summed E-state index contributed by atoms with van der Waals surface area (Å²) in [6.45, 7) is 5.61. The Morgan fingerprint density at radius 1 is 1.50 bits per heavy atom. The molecule has 12 heavy (non-hydrogen) atoms. The van der Waals surface area contributed by atoms with Crippen LogP contribution in [0.5, 0.6) is 0 Å². The molecule has 0 spiro atoms. The molecular formula is C8H13NO3. The number of hydrogen-bond donors (Lipinski definition) is 2. The first-order valence-corrected chi connectivity index (χ1v) is 3.80. The first-order valence-electron chi connectivity index (χ1n) is 3.80. The molecule has 68 valence electrons. The lowest BCUT2D eigenvalue weighted by atomic mass is 10.3. The highest BCUT2D eigenvalue weighted by Gasteiger charge is 2.12.